The Morgan fingerprint density at radius 2 is 1.90 bits per heavy atom. The molecule has 1 aliphatic heterocycles. The summed E-state index contributed by atoms with van der Waals surface area (Å²) >= 11 is 0. The summed E-state index contributed by atoms with van der Waals surface area (Å²) < 4.78 is 21.8. The van der Waals surface area contributed by atoms with Crippen molar-refractivity contribution in [1.82, 2.24) is 9.97 Å². The van der Waals surface area contributed by atoms with Gasteiger partial charge in [0.2, 0.25) is 0 Å². The predicted molar refractivity (Wildman–Crippen MR) is 115 cm³/mol. The van der Waals surface area contributed by atoms with Crippen molar-refractivity contribution in [2.45, 2.75) is 31.8 Å². The molecule has 8 heteroatoms. The molecule has 2 aliphatic rings. The van der Waals surface area contributed by atoms with E-state index in [9.17, 15) is 0 Å². The van der Waals surface area contributed by atoms with Crippen molar-refractivity contribution in [3.63, 3.8) is 0 Å². The van der Waals surface area contributed by atoms with Crippen LogP contribution < -0.4 is 10.5 Å². The maximum Gasteiger partial charge on any atom is 0.174 e. The Hall–Kier alpha value is -3.68. The van der Waals surface area contributed by atoms with E-state index in [1.165, 1.54) is 12.4 Å². The van der Waals surface area contributed by atoms with Gasteiger partial charge < -0.3 is 10.5 Å². The van der Waals surface area contributed by atoms with Gasteiger partial charge >= 0.3 is 0 Å². The van der Waals surface area contributed by atoms with E-state index in [1.54, 1.807) is 6.07 Å². The van der Waals surface area contributed by atoms with Gasteiger partial charge in [-0.25, -0.2) is 9.37 Å². The third-order valence-electron chi connectivity index (χ3n) is 5.77. The van der Waals surface area contributed by atoms with Crippen molar-refractivity contribution in [2.24, 2.45) is 15.4 Å². The number of nitrogens with zero attached hydrogens (tertiary/aromatic N) is 5. The predicted octanol–water partition coefficient (Wildman–Crippen LogP) is 4.88. The van der Waals surface area contributed by atoms with Gasteiger partial charge in [0.1, 0.15) is 19.0 Å². The molecule has 5 rings (SSSR count). The number of nitrogen functional groups attached to an aromatic ring is 1. The average Bonchev–Trinajstić information content (AvgIpc) is 3.28. The zero-order valence-electron chi connectivity index (χ0n) is 16.8. The van der Waals surface area contributed by atoms with Gasteiger partial charge in [-0.2, -0.15) is 5.11 Å². The smallest absolute Gasteiger partial charge is 0.174 e. The number of rotatable bonds is 6. The largest absolute Gasteiger partial charge is 0.485 e. The fraction of sp³-hybridized carbons (Fsp3) is 0.261. The van der Waals surface area contributed by atoms with Crippen LogP contribution >= 0.6 is 0 Å². The normalized spacial score (nSPS) is 15.6. The topological polar surface area (TPSA) is 98.1 Å². The Balaban J connectivity index is 1.49. The van der Waals surface area contributed by atoms with Gasteiger partial charge in [0.15, 0.2) is 11.6 Å². The number of nitrogens with two attached hydrogens (primary N) is 1. The summed E-state index contributed by atoms with van der Waals surface area (Å²) in [6.07, 6.45) is 6.11. The molecule has 2 heterocycles. The second-order valence-electron chi connectivity index (χ2n) is 7.68. The zero-order valence-corrected chi connectivity index (χ0v) is 16.8. The summed E-state index contributed by atoms with van der Waals surface area (Å²) in [6.45, 7) is 0.646. The average molecular weight is 416 g/mol. The molecule has 31 heavy (non-hydrogen) atoms. The quantitative estimate of drug-likeness (QED) is 0.619. The Morgan fingerprint density at radius 1 is 1.03 bits per heavy atom. The molecule has 0 atom stereocenters. The number of ether oxygens (including phenoxy) is 1. The van der Waals surface area contributed by atoms with Crippen LogP contribution in [0.3, 0.4) is 0 Å². The lowest BCUT2D eigenvalue weighted by Crippen LogP contribution is -2.13. The van der Waals surface area contributed by atoms with Crippen molar-refractivity contribution in [3.8, 4) is 17.0 Å². The Morgan fingerprint density at radius 3 is 2.61 bits per heavy atom. The van der Waals surface area contributed by atoms with Gasteiger partial charge in [-0.15, -0.1) is 5.10 Å². The van der Waals surface area contributed by atoms with Crippen LogP contribution in [0.4, 0.5) is 10.2 Å². The van der Waals surface area contributed by atoms with Gasteiger partial charge in [0.25, 0.3) is 0 Å². The molecule has 0 radical (unpaired) electrons. The molecule has 0 amide bonds. The van der Waals surface area contributed by atoms with Crippen LogP contribution in [0.1, 0.15) is 41.9 Å². The molecule has 0 bridgehead atoms. The Kier molecular flexibility index (Phi) is 5.11. The molecular weight excluding hydrogens is 395 g/mol. The molecule has 1 aromatic heterocycles. The second-order valence-corrected chi connectivity index (χ2v) is 7.68. The molecule has 0 unspecified atom stereocenters. The highest BCUT2D eigenvalue weighted by molar-refractivity contribution is 6.03. The number of benzene rings is 2. The first kappa shape index (κ1) is 19.3. The van der Waals surface area contributed by atoms with Crippen molar-refractivity contribution < 1.29 is 9.13 Å². The van der Waals surface area contributed by atoms with Crippen LogP contribution in [0.2, 0.25) is 0 Å². The van der Waals surface area contributed by atoms with Crippen molar-refractivity contribution >= 4 is 11.5 Å². The summed E-state index contributed by atoms with van der Waals surface area (Å²) in [7, 11) is 0. The number of halogens is 1. The van der Waals surface area contributed by atoms with Gasteiger partial charge in [-0.05, 0) is 35.6 Å². The lowest BCUT2D eigenvalue weighted by Gasteiger charge is -2.28. The van der Waals surface area contributed by atoms with Gasteiger partial charge in [0.05, 0.1) is 23.8 Å². The number of hydrogen-bond donors (Lipinski definition) is 1. The molecule has 2 aromatic carbocycles. The summed E-state index contributed by atoms with van der Waals surface area (Å²) in [5.74, 6) is 0.447. The van der Waals surface area contributed by atoms with Gasteiger partial charge in [-0.1, -0.05) is 36.8 Å². The van der Waals surface area contributed by atoms with E-state index >= 15 is 4.39 Å². The monoisotopic (exact) mass is 416 g/mol. The maximum atomic E-state index is 15.7. The lowest BCUT2D eigenvalue weighted by molar-refractivity contribution is 0.278. The van der Waals surface area contributed by atoms with Crippen LogP contribution in [0.5, 0.6) is 5.75 Å². The van der Waals surface area contributed by atoms with E-state index < -0.39 is 5.82 Å². The molecule has 0 saturated heterocycles. The molecular formula is C23H21FN6O. The first-order valence-corrected chi connectivity index (χ1v) is 10.3. The summed E-state index contributed by atoms with van der Waals surface area (Å²) in [4.78, 5) is 8.26. The van der Waals surface area contributed by atoms with Crippen LogP contribution in [0, 0.1) is 5.82 Å². The van der Waals surface area contributed by atoms with E-state index in [4.69, 9.17) is 10.5 Å². The number of anilines is 1. The molecule has 1 saturated carbocycles. The summed E-state index contributed by atoms with van der Waals surface area (Å²) in [5.41, 5.74) is 9.89. The fourth-order valence-corrected chi connectivity index (χ4v) is 3.87. The highest BCUT2D eigenvalue weighted by Crippen LogP contribution is 2.44. The molecule has 2 N–H and O–H groups in total. The molecule has 1 fully saturated rings. The minimum Gasteiger partial charge on any atom is -0.485 e. The van der Waals surface area contributed by atoms with Crippen LogP contribution in [-0.4, -0.2) is 22.2 Å². The van der Waals surface area contributed by atoms with E-state index in [1.807, 2.05) is 30.3 Å². The van der Waals surface area contributed by atoms with Crippen molar-refractivity contribution in [3.05, 3.63) is 71.3 Å². The highest BCUT2D eigenvalue weighted by atomic mass is 19.1. The minimum absolute atomic E-state index is 0.211. The SMILES string of the molecule is Nc1cnc(-c2ccc(C3CCC3)c(OCc3ccccc3C3=NN=NC3)c2F)cn1. The first-order chi connectivity index (χ1) is 15.2. The van der Waals surface area contributed by atoms with E-state index in [-0.39, 0.29) is 18.2 Å². The fourth-order valence-electron chi connectivity index (χ4n) is 3.87. The lowest BCUT2D eigenvalue weighted by atomic mass is 9.79. The maximum absolute atomic E-state index is 15.7. The second kappa shape index (κ2) is 8.22. The molecule has 3 aromatic rings. The van der Waals surface area contributed by atoms with Gasteiger partial charge in [-0.3, -0.25) is 4.98 Å². The molecule has 0 spiro atoms. The minimum atomic E-state index is -0.427. The molecule has 156 valence electrons. The third-order valence-corrected chi connectivity index (χ3v) is 5.77. The number of aromatic nitrogens is 2. The molecule has 1 aliphatic carbocycles. The van der Waals surface area contributed by atoms with Crippen LogP contribution in [-0.2, 0) is 6.61 Å². The summed E-state index contributed by atoms with van der Waals surface area (Å²) in [5, 5.41) is 11.7. The van der Waals surface area contributed by atoms with Crippen molar-refractivity contribution in [1.29, 1.82) is 0 Å². The molecule has 7 nitrogen and oxygen atoms in total. The summed E-state index contributed by atoms with van der Waals surface area (Å²) in [6, 6.07) is 11.5. The zero-order chi connectivity index (χ0) is 21.2. The first-order valence-electron chi connectivity index (χ1n) is 10.3. The Bertz CT molecular complexity index is 1170. The third kappa shape index (κ3) is 3.76. The van der Waals surface area contributed by atoms with Crippen LogP contribution in [0.25, 0.3) is 11.3 Å². The van der Waals surface area contributed by atoms with Crippen LogP contribution in [0.15, 0.2) is 64.2 Å². The van der Waals surface area contributed by atoms with E-state index in [0.29, 0.717) is 23.7 Å². The Labute approximate surface area is 178 Å². The standard InChI is InChI=1S/C23H21FN6O/c24-22-18(19-10-27-21(25)12-26-19)9-8-17(14-5-3-6-14)23(22)31-13-15-4-1-2-7-16(15)20-11-28-30-29-20/h1-2,4,7-10,12,14H,3,5-6,11,13H2,(H2,25,27). The van der Waals surface area contributed by atoms with Crippen molar-refractivity contribution in [2.75, 3.05) is 12.3 Å². The number of hydrogen-bond acceptors (Lipinski definition) is 7. The van der Waals surface area contributed by atoms with E-state index in [0.717, 1.165) is 41.7 Å². The highest BCUT2D eigenvalue weighted by Gasteiger charge is 2.27. The van der Waals surface area contributed by atoms with E-state index in [2.05, 4.69) is 25.4 Å². The van der Waals surface area contributed by atoms with Gasteiger partial charge in [0, 0.05) is 16.7 Å².